The standard InChI is InChI=1S/C36H38FNO6/c1-41-35(39)9-5-6-23-38(25-27-10-14-30(15-11-27)36(40)42-2)24-22-29-7-3-4-8-34(29)43-26-28-12-18-32(19-13-28)44-33-20-16-31(37)17-21-33/h3-4,7-8,10-21H,5-6,9,22-26H2,1-2H3. The van der Waals surface area contributed by atoms with E-state index in [2.05, 4.69) is 11.0 Å². The van der Waals surface area contributed by atoms with Gasteiger partial charge in [0.15, 0.2) is 0 Å². The van der Waals surface area contributed by atoms with E-state index in [-0.39, 0.29) is 17.8 Å². The van der Waals surface area contributed by atoms with Crippen LogP contribution in [0.15, 0.2) is 97.1 Å². The number of nitrogens with zero attached hydrogens (tertiary/aromatic N) is 1. The highest BCUT2D eigenvalue weighted by Crippen LogP contribution is 2.24. The monoisotopic (exact) mass is 599 g/mol. The van der Waals surface area contributed by atoms with Crippen LogP contribution >= 0.6 is 0 Å². The Morgan fingerprint density at radius 2 is 1.39 bits per heavy atom. The molecule has 4 aromatic rings. The number of benzene rings is 4. The van der Waals surface area contributed by atoms with Gasteiger partial charge in [-0.15, -0.1) is 0 Å². The predicted molar refractivity (Wildman–Crippen MR) is 166 cm³/mol. The first-order chi connectivity index (χ1) is 21.4. The number of carbonyl (C=O) groups excluding carboxylic acids is 2. The van der Waals surface area contributed by atoms with Crippen molar-refractivity contribution < 1.29 is 32.9 Å². The second kappa shape index (κ2) is 16.8. The van der Waals surface area contributed by atoms with Gasteiger partial charge in [-0.05, 0) is 97.1 Å². The fourth-order valence-electron chi connectivity index (χ4n) is 4.68. The summed E-state index contributed by atoms with van der Waals surface area (Å²) < 4.78 is 34.8. The molecule has 0 atom stereocenters. The molecule has 0 aliphatic heterocycles. The van der Waals surface area contributed by atoms with Crippen LogP contribution < -0.4 is 9.47 Å². The summed E-state index contributed by atoms with van der Waals surface area (Å²) >= 11 is 0. The number of hydrogen-bond acceptors (Lipinski definition) is 7. The minimum atomic E-state index is -0.359. The van der Waals surface area contributed by atoms with Crippen molar-refractivity contribution in [1.29, 1.82) is 0 Å². The number of esters is 2. The van der Waals surface area contributed by atoms with E-state index >= 15 is 0 Å². The molecule has 0 unspecified atom stereocenters. The topological polar surface area (TPSA) is 74.3 Å². The maximum atomic E-state index is 13.2. The van der Waals surface area contributed by atoms with Crippen LogP contribution in [0.4, 0.5) is 4.39 Å². The molecule has 0 heterocycles. The van der Waals surface area contributed by atoms with E-state index in [9.17, 15) is 14.0 Å². The third-order valence-corrected chi connectivity index (χ3v) is 7.15. The number of para-hydroxylation sites is 1. The summed E-state index contributed by atoms with van der Waals surface area (Å²) in [5, 5.41) is 0. The highest BCUT2D eigenvalue weighted by Gasteiger charge is 2.12. The number of carbonyl (C=O) groups is 2. The number of rotatable bonds is 16. The Balaban J connectivity index is 1.35. The molecule has 0 bridgehead atoms. The second-order valence-corrected chi connectivity index (χ2v) is 10.3. The Labute approximate surface area is 258 Å². The predicted octanol–water partition coefficient (Wildman–Crippen LogP) is 7.37. The largest absolute Gasteiger partial charge is 0.489 e. The highest BCUT2D eigenvalue weighted by atomic mass is 19.1. The van der Waals surface area contributed by atoms with Crippen molar-refractivity contribution in [3.05, 3.63) is 125 Å². The summed E-state index contributed by atoms with van der Waals surface area (Å²) in [4.78, 5) is 25.7. The molecule has 0 aliphatic carbocycles. The molecule has 230 valence electrons. The molecule has 4 aromatic carbocycles. The molecule has 7 nitrogen and oxygen atoms in total. The van der Waals surface area contributed by atoms with E-state index in [4.69, 9.17) is 18.9 Å². The van der Waals surface area contributed by atoms with E-state index in [1.165, 1.54) is 26.4 Å². The molecular weight excluding hydrogens is 561 g/mol. The summed E-state index contributed by atoms with van der Waals surface area (Å²) in [6.07, 6.45) is 2.78. The van der Waals surface area contributed by atoms with Crippen molar-refractivity contribution in [2.75, 3.05) is 27.3 Å². The first-order valence-electron chi connectivity index (χ1n) is 14.6. The van der Waals surface area contributed by atoms with Crippen molar-refractivity contribution in [1.82, 2.24) is 4.90 Å². The second-order valence-electron chi connectivity index (χ2n) is 10.3. The van der Waals surface area contributed by atoms with Gasteiger partial charge in [-0.3, -0.25) is 9.69 Å². The van der Waals surface area contributed by atoms with Gasteiger partial charge < -0.3 is 18.9 Å². The van der Waals surface area contributed by atoms with Gasteiger partial charge in [-0.25, -0.2) is 9.18 Å². The molecule has 0 amide bonds. The van der Waals surface area contributed by atoms with Crippen molar-refractivity contribution in [2.24, 2.45) is 0 Å². The summed E-state index contributed by atoms with van der Waals surface area (Å²) in [7, 11) is 2.78. The number of methoxy groups -OCH3 is 2. The Morgan fingerprint density at radius 1 is 0.727 bits per heavy atom. The molecule has 44 heavy (non-hydrogen) atoms. The lowest BCUT2D eigenvalue weighted by molar-refractivity contribution is -0.140. The van der Waals surface area contributed by atoms with Crippen molar-refractivity contribution >= 4 is 11.9 Å². The van der Waals surface area contributed by atoms with Crippen LogP contribution in [-0.4, -0.2) is 44.1 Å². The molecule has 4 rings (SSSR count). The van der Waals surface area contributed by atoms with Crippen LogP contribution in [0.1, 0.15) is 46.3 Å². The van der Waals surface area contributed by atoms with Crippen molar-refractivity contribution in [2.45, 2.75) is 38.8 Å². The van der Waals surface area contributed by atoms with Gasteiger partial charge in [0.2, 0.25) is 0 Å². The van der Waals surface area contributed by atoms with Crippen LogP contribution in [0, 0.1) is 5.82 Å². The molecule has 8 heteroatoms. The Kier molecular flexibility index (Phi) is 12.3. The molecule has 0 saturated heterocycles. The number of halogens is 1. The van der Waals surface area contributed by atoms with Crippen LogP contribution in [0.5, 0.6) is 17.2 Å². The minimum Gasteiger partial charge on any atom is -0.489 e. The Morgan fingerprint density at radius 3 is 2.07 bits per heavy atom. The number of ether oxygens (including phenoxy) is 4. The number of unbranched alkanes of at least 4 members (excludes halogenated alkanes) is 1. The summed E-state index contributed by atoms with van der Waals surface area (Å²) in [6, 6.07) is 29.0. The smallest absolute Gasteiger partial charge is 0.337 e. The maximum Gasteiger partial charge on any atom is 0.337 e. The zero-order valence-corrected chi connectivity index (χ0v) is 25.2. The first-order valence-corrected chi connectivity index (χ1v) is 14.6. The SMILES string of the molecule is COC(=O)CCCCN(CCc1ccccc1OCc1ccc(Oc2ccc(F)cc2)cc1)Cc1ccc(C(=O)OC)cc1. The van der Waals surface area contributed by atoms with Crippen LogP contribution in [-0.2, 0) is 33.8 Å². The molecule has 0 N–H and O–H groups in total. The molecule has 0 saturated carbocycles. The zero-order chi connectivity index (χ0) is 31.1. The van der Waals surface area contributed by atoms with Gasteiger partial charge in [-0.2, -0.15) is 0 Å². The third-order valence-electron chi connectivity index (χ3n) is 7.15. The Bertz CT molecular complexity index is 1470. The molecular formula is C36H38FNO6. The number of hydrogen-bond donors (Lipinski definition) is 0. The van der Waals surface area contributed by atoms with Gasteiger partial charge >= 0.3 is 11.9 Å². The lowest BCUT2D eigenvalue weighted by atomic mass is 10.1. The van der Waals surface area contributed by atoms with Crippen molar-refractivity contribution in [3.8, 4) is 17.2 Å². The molecule has 0 radical (unpaired) electrons. The van der Waals surface area contributed by atoms with Crippen molar-refractivity contribution in [3.63, 3.8) is 0 Å². The van der Waals surface area contributed by atoms with Gasteiger partial charge in [0, 0.05) is 19.5 Å². The molecule has 0 aromatic heterocycles. The van der Waals surface area contributed by atoms with Gasteiger partial charge in [0.05, 0.1) is 19.8 Å². The minimum absolute atomic E-state index is 0.198. The van der Waals surface area contributed by atoms with E-state index in [1.54, 1.807) is 24.3 Å². The van der Waals surface area contributed by atoms with E-state index < -0.39 is 0 Å². The average molecular weight is 600 g/mol. The lowest BCUT2D eigenvalue weighted by Crippen LogP contribution is -2.27. The lowest BCUT2D eigenvalue weighted by Gasteiger charge is -2.23. The third kappa shape index (κ3) is 10.2. The first kappa shape index (κ1) is 32.2. The van der Waals surface area contributed by atoms with Crippen LogP contribution in [0.2, 0.25) is 0 Å². The van der Waals surface area contributed by atoms with Gasteiger partial charge in [-0.1, -0.05) is 42.5 Å². The van der Waals surface area contributed by atoms with E-state index in [0.717, 1.165) is 54.8 Å². The average Bonchev–Trinajstić information content (AvgIpc) is 3.06. The normalized spacial score (nSPS) is 10.8. The van der Waals surface area contributed by atoms with E-state index in [1.807, 2.05) is 54.6 Å². The zero-order valence-electron chi connectivity index (χ0n) is 25.2. The maximum absolute atomic E-state index is 13.2. The van der Waals surface area contributed by atoms with Gasteiger partial charge in [0.1, 0.15) is 29.7 Å². The van der Waals surface area contributed by atoms with E-state index in [0.29, 0.717) is 36.6 Å². The summed E-state index contributed by atoms with van der Waals surface area (Å²) in [6.45, 7) is 2.70. The molecule has 0 fully saturated rings. The van der Waals surface area contributed by atoms with Crippen LogP contribution in [0.3, 0.4) is 0 Å². The fourth-order valence-corrected chi connectivity index (χ4v) is 4.68. The fraction of sp³-hybridized carbons (Fsp3) is 0.278. The van der Waals surface area contributed by atoms with Crippen LogP contribution in [0.25, 0.3) is 0 Å². The molecule has 0 spiro atoms. The van der Waals surface area contributed by atoms with Gasteiger partial charge in [0.25, 0.3) is 0 Å². The Hall–Kier alpha value is -4.69. The summed E-state index contributed by atoms with van der Waals surface area (Å²) in [5.74, 6) is 1.19. The highest BCUT2D eigenvalue weighted by molar-refractivity contribution is 5.89. The summed E-state index contributed by atoms with van der Waals surface area (Å²) in [5.41, 5.74) is 3.70. The molecule has 0 aliphatic rings. The quantitative estimate of drug-likeness (QED) is 0.0983.